The van der Waals surface area contributed by atoms with Crippen molar-refractivity contribution < 1.29 is 0 Å². The topological polar surface area (TPSA) is 74.4 Å². The Labute approximate surface area is 137 Å². The SMILES string of the molecule is O=c1[nH]c(=S)[nH]c2nc(-c3ccsc3)c(-c3ccsc3)nc12. The summed E-state index contributed by atoms with van der Waals surface area (Å²) in [5, 5.41) is 7.96. The van der Waals surface area contributed by atoms with Gasteiger partial charge in [0.25, 0.3) is 5.56 Å². The van der Waals surface area contributed by atoms with Crippen LogP contribution in [0.5, 0.6) is 0 Å². The van der Waals surface area contributed by atoms with Crippen molar-refractivity contribution in [1.82, 2.24) is 19.9 Å². The van der Waals surface area contributed by atoms with Gasteiger partial charge in [0.1, 0.15) is 0 Å². The summed E-state index contributed by atoms with van der Waals surface area (Å²) in [6.45, 7) is 0. The molecule has 0 unspecified atom stereocenters. The third-order valence-corrected chi connectivity index (χ3v) is 4.73. The van der Waals surface area contributed by atoms with Crippen molar-refractivity contribution in [3.8, 4) is 22.5 Å². The van der Waals surface area contributed by atoms with Gasteiger partial charge in [-0.2, -0.15) is 22.7 Å². The molecule has 0 bridgehead atoms. The van der Waals surface area contributed by atoms with E-state index in [9.17, 15) is 4.79 Å². The third kappa shape index (κ3) is 2.21. The first-order chi connectivity index (χ1) is 10.7. The molecular formula is C14H8N4OS3. The molecule has 22 heavy (non-hydrogen) atoms. The lowest BCUT2D eigenvalue weighted by Crippen LogP contribution is -2.11. The van der Waals surface area contributed by atoms with Crippen LogP contribution in [-0.2, 0) is 0 Å². The number of hydrogen-bond acceptors (Lipinski definition) is 6. The van der Waals surface area contributed by atoms with E-state index in [1.54, 1.807) is 22.7 Å². The van der Waals surface area contributed by atoms with Gasteiger partial charge in [0.2, 0.25) is 0 Å². The number of hydrogen-bond donors (Lipinski definition) is 2. The van der Waals surface area contributed by atoms with Crippen LogP contribution in [0.2, 0.25) is 0 Å². The van der Waals surface area contributed by atoms with E-state index >= 15 is 0 Å². The van der Waals surface area contributed by atoms with Crippen LogP contribution in [0.1, 0.15) is 0 Å². The summed E-state index contributed by atoms with van der Waals surface area (Å²) in [6, 6.07) is 3.95. The Morgan fingerprint density at radius 2 is 1.59 bits per heavy atom. The highest BCUT2D eigenvalue weighted by Gasteiger charge is 2.15. The smallest absolute Gasteiger partial charge is 0.279 e. The van der Waals surface area contributed by atoms with E-state index in [1.165, 1.54) is 0 Å². The standard InChI is InChI=1S/C14H8N4OS3/c19-13-11-12(17-14(20)18-13)16-10(8-2-4-22-6-8)9(15-11)7-1-3-21-5-7/h1-6H,(H2,16,17,18,19,20). The maximum atomic E-state index is 12.1. The van der Waals surface area contributed by atoms with E-state index in [2.05, 4.69) is 19.9 Å². The average Bonchev–Trinajstić information content (AvgIpc) is 3.19. The number of fused-ring (bicyclic) bond motifs is 1. The van der Waals surface area contributed by atoms with Crippen LogP contribution < -0.4 is 5.56 Å². The van der Waals surface area contributed by atoms with Crippen molar-refractivity contribution in [3.63, 3.8) is 0 Å². The molecule has 0 aliphatic carbocycles. The number of nitrogens with zero attached hydrogens (tertiary/aromatic N) is 2. The molecule has 2 N–H and O–H groups in total. The molecular weight excluding hydrogens is 336 g/mol. The van der Waals surface area contributed by atoms with Crippen LogP contribution in [0.15, 0.2) is 38.4 Å². The van der Waals surface area contributed by atoms with E-state index in [0.717, 1.165) is 16.8 Å². The maximum absolute atomic E-state index is 12.1. The lowest BCUT2D eigenvalue weighted by atomic mass is 10.1. The number of nitrogens with one attached hydrogen (secondary N) is 2. The molecule has 0 saturated carbocycles. The lowest BCUT2D eigenvalue weighted by molar-refractivity contribution is 1.09. The van der Waals surface area contributed by atoms with Gasteiger partial charge in [-0.3, -0.25) is 9.78 Å². The molecule has 0 saturated heterocycles. The Bertz CT molecular complexity index is 1060. The number of H-pyrrole nitrogens is 2. The van der Waals surface area contributed by atoms with E-state index in [4.69, 9.17) is 12.2 Å². The van der Waals surface area contributed by atoms with Gasteiger partial charge in [0, 0.05) is 21.9 Å². The molecule has 0 atom stereocenters. The highest BCUT2D eigenvalue weighted by Crippen LogP contribution is 2.32. The van der Waals surface area contributed by atoms with Gasteiger partial charge in [-0.05, 0) is 35.1 Å². The maximum Gasteiger partial charge on any atom is 0.279 e. The second kappa shape index (κ2) is 5.24. The molecule has 4 aromatic rings. The summed E-state index contributed by atoms with van der Waals surface area (Å²) in [5.41, 5.74) is 3.68. The van der Waals surface area contributed by atoms with Crippen molar-refractivity contribution in [2.45, 2.75) is 0 Å². The Morgan fingerprint density at radius 1 is 0.955 bits per heavy atom. The van der Waals surface area contributed by atoms with Crippen LogP contribution in [0.25, 0.3) is 33.7 Å². The fourth-order valence-electron chi connectivity index (χ4n) is 2.18. The van der Waals surface area contributed by atoms with Crippen LogP contribution >= 0.6 is 34.9 Å². The van der Waals surface area contributed by atoms with E-state index < -0.39 is 0 Å². The minimum atomic E-state index is -0.334. The molecule has 108 valence electrons. The van der Waals surface area contributed by atoms with Gasteiger partial charge in [-0.15, -0.1) is 0 Å². The zero-order chi connectivity index (χ0) is 15.1. The molecule has 5 nitrogen and oxygen atoms in total. The van der Waals surface area contributed by atoms with Crippen molar-refractivity contribution in [3.05, 3.63) is 48.8 Å². The Balaban J connectivity index is 2.13. The predicted molar refractivity (Wildman–Crippen MR) is 92.0 cm³/mol. The van der Waals surface area contributed by atoms with Gasteiger partial charge in [-0.25, -0.2) is 9.97 Å². The normalized spacial score (nSPS) is 11.1. The quantitative estimate of drug-likeness (QED) is 0.542. The monoisotopic (exact) mass is 344 g/mol. The largest absolute Gasteiger partial charge is 0.315 e. The van der Waals surface area contributed by atoms with E-state index in [1.807, 2.05) is 33.7 Å². The molecule has 8 heteroatoms. The summed E-state index contributed by atoms with van der Waals surface area (Å²) in [5.74, 6) is 0. The minimum Gasteiger partial charge on any atom is -0.315 e. The van der Waals surface area contributed by atoms with Gasteiger partial charge in [-0.1, -0.05) is 0 Å². The second-order valence-electron chi connectivity index (χ2n) is 4.55. The van der Waals surface area contributed by atoms with Crippen LogP contribution in [-0.4, -0.2) is 19.9 Å². The molecule has 0 spiro atoms. The average molecular weight is 344 g/mol. The zero-order valence-electron chi connectivity index (χ0n) is 11.0. The molecule has 0 aliphatic rings. The first-order valence-corrected chi connectivity index (χ1v) is 8.61. The summed E-state index contributed by atoms with van der Waals surface area (Å²) >= 11 is 8.17. The van der Waals surface area contributed by atoms with E-state index in [-0.39, 0.29) is 15.8 Å². The summed E-state index contributed by atoms with van der Waals surface area (Å²) in [4.78, 5) is 26.7. The van der Waals surface area contributed by atoms with Gasteiger partial charge < -0.3 is 4.98 Å². The predicted octanol–water partition coefficient (Wildman–Crippen LogP) is 3.83. The van der Waals surface area contributed by atoms with Crippen molar-refractivity contribution in [1.29, 1.82) is 0 Å². The van der Waals surface area contributed by atoms with Crippen molar-refractivity contribution >= 4 is 46.1 Å². The minimum absolute atomic E-state index is 0.242. The van der Waals surface area contributed by atoms with E-state index in [0.29, 0.717) is 11.3 Å². The van der Waals surface area contributed by atoms with Crippen LogP contribution in [0.4, 0.5) is 0 Å². The van der Waals surface area contributed by atoms with Crippen molar-refractivity contribution in [2.24, 2.45) is 0 Å². The number of aromatic nitrogens is 4. The van der Waals surface area contributed by atoms with Gasteiger partial charge >= 0.3 is 0 Å². The Hall–Kier alpha value is -2.16. The molecule has 0 aliphatic heterocycles. The lowest BCUT2D eigenvalue weighted by Gasteiger charge is -2.07. The molecule has 4 aromatic heterocycles. The van der Waals surface area contributed by atoms with Gasteiger partial charge in [0.15, 0.2) is 15.9 Å². The first-order valence-electron chi connectivity index (χ1n) is 6.32. The summed E-state index contributed by atoms with van der Waals surface area (Å²) in [6.07, 6.45) is 0. The molecule has 4 rings (SSSR count). The Kier molecular flexibility index (Phi) is 3.21. The molecule has 4 heterocycles. The Morgan fingerprint density at radius 3 is 2.18 bits per heavy atom. The summed E-state index contributed by atoms with van der Waals surface area (Å²) in [7, 11) is 0. The van der Waals surface area contributed by atoms with Crippen LogP contribution in [0.3, 0.4) is 0 Å². The third-order valence-electron chi connectivity index (χ3n) is 3.16. The molecule has 0 aromatic carbocycles. The van der Waals surface area contributed by atoms with Crippen molar-refractivity contribution in [2.75, 3.05) is 0 Å². The fourth-order valence-corrected chi connectivity index (χ4v) is 3.65. The zero-order valence-corrected chi connectivity index (χ0v) is 13.4. The molecule has 0 radical (unpaired) electrons. The van der Waals surface area contributed by atoms with Gasteiger partial charge in [0.05, 0.1) is 11.4 Å². The number of thiophene rings is 2. The second-order valence-corrected chi connectivity index (χ2v) is 6.52. The van der Waals surface area contributed by atoms with Crippen LogP contribution in [0, 0.1) is 4.77 Å². The number of aromatic amines is 2. The summed E-state index contributed by atoms with van der Waals surface area (Å²) < 4.78 is 0.242. The number of rotatable bonds is 2. The molecule has 0 fully saturated rings. The highest BCUT2D eigenvalue weighted by molar-refractivity contribution is 7.71. The molecule has 0 amide bonds. The first kappa shape index (κ1) is 13.5. The highest BCUT2D eigenvalue weighted by atomic mass is 32.1. The fraction of sp³-hybridized carbons (Fsp3) is 0.